The minimum Gasteiger partial charge on any atom is -0.350 e. The van der Waals surface area contributed by atoms with Gasteiger partial charge >= 0.3 is 0 Å². The zero-order valence-corrected chi connectivity index (χ0v) is 10.4. The number of amides is 1. The molecule has 3 nitrogen and oxygen atoms in total. The average Bonchev–Trinajstić information content (AvgIpc) is 2.44. The molecule has 88 valence electrons. The molecule has 2 unspecified atom stereocenters. The van der Waals surface area contributed by atoms with Crippen molar-refractivity contribution in [2.24, 2.45) is 5.92 Å². The van der Waals surface area contributed by atoms with Crippen molar-refractivity contribution in [2.45, 2.75) is 58.5 Å². The first-order chi connectivity index (χ1) is 6.88. The molecule has 1 amide bonds. The maximum Gasteiger partial charge on any atom is 0.234 e. The Kier molecular flexibility index (Phi) is 4.14. The van der Waals surface area contributed by atoms with Gasteiger partial charge in [0.25, 0.3) is 0 Å². The largest absolute Gasteiger partial charge is 0.350 e. The molecule has 3 heteroatoms. The van der Waals surface area contributed by atoms with E-state index in [0.717, 1.165) is 0 Å². The molecule has 1 saturated carbocycles. The summed E-state index contributed by atoms with van der Waals surface area (Å²) in [6.07, 6.45) is 3.79. The van der Waals surface area contributed by atoms with Crippen LogP contribution >= 0.6 is 0 Å². The van der Waals surface area contributed by atoms with Crippen LogP contribution in [0.25, 0.3) is 0 Å². The van der Waals surface area contributed by atoms with E-state index >= 15 is 0 Å². The maximum absolute atomic E-state index is 11.5. The summed E-state index contributed by atoms with van der Waals surface area (Å²) in [5, 5.41) is 6.30. The first kappa shape index (κ1) is 12.5. The van der Waals surface area contributed by atoms with E-state index in [2.05, 4.69) is 17.6 Å². The molecule has 1 fully saturated rings. The van der Waals surface area contributed by atoms with Gasteiger partial charge in [-0.1, -0.05) is 13.3 Å². The molecule has 0 saturated heterocycles. The number of hydrogen-bond acceptors (Lipinski definition) is 2. The van der Waals surface area contributed by atoms with Crippen LogP contribution in [0.2, 0.25) is 0 Å². The van der Waals surface area contributed by atoms with Crippen LogP contribution in [0.15, 0.2) is 0 Å². The fourth-order valence-corrected chi connectivity index (χ4v) is 2.13. The molecule has 0 heterocycles. The van der Waals surface area contributed by atoms with Gasteiger partial charge in [0, 0.05) is 11.6 Å². The lowest BCUT2D eigenvalue weighted by atomic mass is 10.1. The van der Waals surface area contributed by atoms with Crippen LogP contribution in [-0.4, -0.2) is 24.0 Å². The summed E-state index contributed by atoms with van der Waals surface area (Å²) in [5.74, 6) is 0.814. The summed E-state index contributed by atoms with van der Waals surface area (Å²) < 4.78 is 0. The second kappa shape index (κ2) is 4.97. The summed E-state index contributed by atoms with van der Waals surface area (Å²) >= 11 is 0. The van der Waals surface area contributed by atoms with E-state index < -0.39 is 0 Å². The minimum atomic E-state index is -0.125. The van der Waals surface area contributed by atoms with Gasteiger partial charge < -0.3 is 10.6 Å². The van der Waals surface area contributed by atoms with E-state index in [1.165, 1.54) is 19.3 Å². The third-order valence-electron chi connectivity index (χ3n) is 2.90. The van der Waals surface area contributed by atoms with E-state index in [1.807, 2.05) is 20.8 Å². The van der Waals surface area contributed by atoms with Gasteiger partial charge in [-0.05, 0) is 39.5 Å². The SMILES string of the molecule is CC1CCCC1NCC(=O)NC(C)(C)C. The van der Waals surface area contributed by atoms with Crippen LogP contribution in [0.4, 0.5) is 0 Å². The van der Waals surface area contributed by atoms with Gasteiger partial charge in [-0.2, -0.15) is 0 Å². The zero-order chi connectivity index (χ0) is 11.5. The molecule has 0 aliphatic heterocycles. The number of rotatable bonds is 3. The molecule has 0 aromatic heterocycles. The number of carbonyl (C=O) groups is 1. The predicted molar refractivity (Wildman–Crippen MR) is 62.7 cm³/mol. The van der Waals surface area contributed by atoms with Crippen LogP contribution in [0, 0.1) is 5.92 Å². The third-order valence-corrected chi connectivity index (χ3v) is 2.90. The topological polar surface area (TPSA) is 41.1 Å². The molecular formula is C12H24N2O. The molecule has 0 aromatic carbocycles. The highest BCUT2D eigenvalue weighted by Crippen LogP contribution is 2.24. The minimum absolute atomic E-state index is 0.0987. The number of carbonyl (C=O) groups excluding carboxylic acids is 1. The van der Waals surface area contributed by atoms with Crippen molar-refractivity contribution in [1.29, 1.82) is 0 Å². The fourth-order valence-electron chi connectivity index (χ4n) is 2.13. The molecule has 1 aliphatic rings. The highest BCUT2D eigenvalue weighted by atomic mass is 16.2. The third kappa shape index (κ3) is 4.65. The van der Waals surface area contributed by atoms with E-state index in [0.29, 0.717) is 18.5 Å². The van der Waals surface area contributed by atoms with Gasteiger partial charge in [0.15, 0.2) is 0 Å². The number of hydrogen-bond donors (Lipinski definition) is 2. The molecule has 15 heavy (non-hydrogen) atoms. The molecule has 0 spiro atoms. The van der Waals surface area contributed by atoms with Crippen molar-refractivity contribution in [3.8, 4) is 0 Å². The Morgan fingerprint density at radius 2 is 2.00 bits per heavy atom. The van der Waals surface area contributed by atoms with Crippen LogP contribution in [-0.2, 0) is 4.79 Å². The Morgan fingerprint density at radius 3 is 2.47 bits per heavy atom. The summed E-state index contributed by atoms with van der Waals surface area (Å²) in [5.41, 5.74) is -0.125. The van der Waals surface area contributed by atoms with Crippen LogP contribution < -0.4 is 10.6 Å². The van der Waals surface area contributed by atoms with Crippen molar-refractivity contribution in [1.82, 2.24) is 10.6 Å². The highest BCUT2D eigenvalue weighted by Gasteiger charge is 2.23. The Morgan fingerprint density at radius 1 is 1.33 bits per heavy atom. The quantitative estimate of drug-likeness (QED) is 0.747. The molecule has 2 N–H and O–H groups in total. The average molecular weight is 212 g/mol. The fraction of sp³-hybridized carbons (Fsp3) is 0.917. The van der Waals surface area contributed by atoms with E-state index in [4.69, 9.17) is 0 Å². The Bertz CT molecular complexity index is 220. The van der Waals surface area contributed by atoms with Gasteiger partial charge in [0.05, 0.1) is 6.54 Å². The van der Waals surface area contributed by atoms with Crippen molar-refractivity contribution in [2.75, 3.05) is 6.54 Å². The highest BCUT2D eigenvalue weighted by molar-refractivity contribution is 5.78. The second-order valence-electron chi connectivity index (χ2n) is 5.69. The molecule has 0 aromatic rings. The lowest BCUT2D eigenvalue weighted by molar-refractivity contribution is -0.121. The van der Waals surface area contributed by atoms with Crippen molar-refractivity contribution in [3.05, 3.63) is 0 Å². The first-order valence-corrected chi connectivity index (χ1v) is 5.93. The van der Waals surface area contributed by atoms with E-state index in [-0.39, 0.29) is 11.4 Å². The Hall–Kier alpha value is -0.570. The molecule has 0 bridgehead atoms. The second-order valence-corrected chi connectivity index (χ2v) is 5.69. The summed E-state index contributed by atoms with van der Waals surface area (Å²) in [6, 6.07) is 0.538. The molecule has 0 radical (unpaired) electrons. The van der Waals surface area contributed by atoms with E-state index in [1.54, 1.807) is 0 Å². The van der Waals surface area contributed by atoms with Crippen LogP contribution in [0.3, 0.4) is 0 Å². The van der Waals surface area contributed by atoms with Gasteiger partial charge in [-0.25, -0.2) is 0 Å². The summed E-state index contributed by atoms with van der Waals surface area (Å²) in [4.78, 5) is 11.5. The monoisotopic (exact) mass is 212 g/mol. The van der Waals surface area contributed by atoms with Gasteiger partial charge in [0.2, 0.25) is 5.91 Å². The predicted octanol–water partition coefficient (Wildman–Crippen LogP) is 1.68. The lowest BCUT2D eigenvalue weighted by Gasteiger charge is -2.22. The van der Waals surface area contributed by atoms with Crippen molar-refractivity contribution >= 4 is 5.91 Å². The van der Waals surface area contributed by atoms with E-state index in [9.17, 15) is 4.79 Å². The van der Waals surface area contributed by atoms with Gasteiger partial charge in [0.1, 0.15) is 0 Å². The standard InChI is InChI=1S/C12H24N2O/c1-9-6-5-7-10(9)13-8-11(15)14-12(2,3)4/h9-10,13H,5-8H2,1-4H3,(H,14,15). The smallest absolute Gasteiger partial charge is 0.234 e. The zero-order valence-electron chi connectivity index (χ0n) is 10.4. The van der Waals surface area contributed by atoms with Crippen molar-refractivity contribution < 1.29 is 4.79 Å². The summed E-state index contributed by atoms with van der Waals surface area (Å²) in [6.45, 7) is 8.72. The normalized spacial score (nSPS) is 26.7. The Labute approximate surface area is 93.0 Å². The molecule has 2 atom stereocenters. The molecular weight excluding hydrogens is 188 g/mol. The van der Waals surface area contributed by atoms with Crippen LogP contribution in [0.1, 0.15) is 47.0 Å². The van der Waals surface area contributed by atoms with Crippen molar-refractivity contribution in [3.63, 3.8) is 0 Å². The summed E-state index contributed by atoms with van der Waals surface area (Å²) in [7, 11) is 0. The molecule has 1 rings (SSSR count). The van der Waals surface area contributed by atoms with Crippen LogP contribution in [0.5, 0.6) is 0 Å². The number of nitrogens with one attached hydrogen (secondary N) is 2. The maximum atomic E-state index is 11.5. The lowest BCUT2D eigenvalue weighted by Crippen LogP contribution is -2.47. The first-order valence-electron chi connectivity index (χ1n) is 5.93. The Balaban J connectivity index is 2.22. The van der Waals surface area contributed by atoms with Gasteiger partial charge in [-0.15, -0.1) is 0 Å². The van der Waals surface area contributed by atoms with Gasteiger partial charge in [-0.3, -0.25) is 4.79 Å². The molecule has 1 aliphatic carbocycles.